The number of carbonyl (C=O) groups excluding carboxylic acids is 1. The molecule has 0 saturated carbocycles. The Bertz CT molecular complexity index is 514. The highest BCUT2D eigenvalue weighted by atomic mass is 35.5. The first-order chi connectivity index (χ1) is 10.7. The number of piperidine rings is 1. The monoisotopic (exact) mass is 341 g/mol. The van der Waals surface area contributed by atoms with Crippen LogP contribution in [0.25, 0.3) is 0 Å². The summed E-state index contributed by atoms with van der Waals surface area (Å²) in [7, 11) is 0. The summed E-state index contributed by atoms with van der Waals surface area (Å²) in [6.45, 7) is 12.7. The lowest BCUT2D eigenvalue weighted by molar-refractivity contribution is -0.138. The van der Waals surface area contributed by atoms with Gasteiger partial charge in [0.2, 0.25) is 0 Å². The summed E-state index contributed by atoms with van der Waals surface area (Å²) in [5.41, 5.74) is 0.786. The van der Waals surface area contributed by atoms with Crippen LogP contribution in [0, 0.1) is 11.3 Å². The molecule has 2 aliphatic heterocycles. The zero-order valence-electron chi connectivity index (χ0n) is 14.8. The first-order valence-corrected chi connectivity index (χ1v) is 8.79. The summed E-state index contributed by atoms with van der Waals surface area (Å²) in [6.07, 6.45) is 2.29. The predicted molar refractivity (Wildman–Crippen MR) is 93.3 cm³/mol. The first-order valence-electron chi connectivity index (χ1n) is 8.36. The topological polar surface area (TPSA) is 53.9 Å². The second-order valence-corrected chi connectivity index (χ2v) is 7.73. The highest BCUT2D eigenvalue weighted by molar-refractivity contribution is 6.26. The Labute approximate surface area is 144 Å². The van der Waals surface area contributed by atoms with Crippen molar-refractivity contribution in [1.29, 1.82) is 0 Å². The minimum Gasteiger partial charge on any atom is -0.462 e. The van der Waals surface area contributed by atoms with Crippen LogP contribution in [0.2, 0.25) is 0 Å². The number of nitrogens with zero attached hydrogens (tertiary/aromatic N) is 2. The molecule has 1 unspecified atom stereocenters. The molecule has 1 saturated heterocycles. The summed E-state index contributed by atoms with van der Waals surface area (Å²) in [5.74, 6) is 1.09. The summed E-state index contributed by atoms with van der Waals surface area (Å²) in [4.78, 5) is 18.7. The van der Waals surface area contributed by atoms with Gasteiger partial charge in [0.1, 0.15) is 5.50 Å². The molecule has 1 N–H and O–H groups in total. The molecule has 5 nitrogen and oxygen atoms in total. The van der Waals surface area contributed by atoms with Gasteiger partial charge >= 0.3 is 5.97 Å². The van der Waals surface area contributed by atoms with Crippen molar-refractivity contribution in [1.82, 2.24) is 10.2 Å². The van der Waals surface area contributed by atoms with Crippen LogP contribution >= 0.6 is 11.6 Å². The van der Waals surface area contributed by atoms with E-state index in [-0.39, 0.29) is 0 Å². The fourth-order valence-electron chi connectivity index (χ4n) is 3.20. The zero-order chi connectivity index (χ0) is 17.2. The van der Waals surface area contributed by atoms with Gasteiger partial charge in [-0.25, -0.2) is 9.79 Å². The number of halogens is 1. The van der Waals surface area contributed by atoms with Crippen molar-refractivity contribution in [3.8, 4) is 0 Å². The number of carbonyl (C=O) groups is 1. The maximum Gasteiger partial charge on any atom is 0.339 e. The summed E-state index contributed by atoms with van der Waals surface area (Å²) < 4.78 is 5.05. The van der Waals surface area contributed by atoms with Crippen molar-refractivity contribution in [3.05, 3.63) is 11.3 Å². The molecule has 0 amide bonds. The first kappa shape index (κ1) is 18.1. The van der Waals surface area contributed by atoms with Gasteiger partial charge in [0.05, 0.1) is 17.9 Å². The third-order valence-corrected chi connectivity index (χ3v) is 5.01. The second-order valence-electron chi connectivity index (χ2n) is 7.29. The second kappa shape index (κ2) is 7.12. The van der Waals surface area contributed by atoms with E-state index < -0.39 is 11.5 Å². The molecule has 0 aromatic carbocycles. The SMILES string of the molecule is CCOC(=O)C1=C(C)N=C(N2CCC(C(C)(C)C)CC2)NC1Cl. The molecule has 2 heterocycles. The lowest BCUT2D eigenvalue weighted by atomic mass is 9.75. The van der Waals surface area contributed by atoms with Crippen LogP contribution in [0.1, 0.15) is 47.5 Å². The van der Waals surface area contributed by atoms with Gasteiger partial charge in [-0.3, -0.25) is 0 Å². The van der Waals surface area contributed by atoms with Crippen molar-refractivity contribution in [2.24, 2.45) is 16.3 Å². The number of nitrogens with one attached hydrogen (secondary N) is 1. The van der Waals surface area contributed by atoms with E-state index in [0.717, 1.165) is 37.8 Å². The number of esters is 1. The lowest BCUT2D eigenvalue weighted by Gasteiger charge is -2.41. The summed E-state index contributed by atoms with van der Waals surface area (Å²) >= 11 is 6.35. The lowest BCUT2D eigenvalue weighted by Crippen LogP contribution is -2.51. The van der Waals surface area contributed by atoms with E-state index in [2.05, 4.69) is 36.0 Å². The van der Waals surface area contributed by atoms with Crippen molar-refractivity contribution in [3.63, 3.8) is 0 Å². The van der Waals surface area contributed by atoms with Crippen molar-refractivity contribution in [2.75, 3.05) is 19.7 Å². The number of hydrogen-bond acceptors (Lipinski definition) is 5. The van der Waals surface area contributed by atoms with Gasteiger partial charge in [0.25, 0.3) is 0 Å². The fraction of sp³-hybridized carbons (Fsp3) is 0.765. The molecule has 0 radical (unpaired) electrons. The van der Waals surface area contributed by atoms with E-state index in [0.29, 0.717) is 23.3 Å². The number of hydrogen-bond donors (Lipinski definition) is 1. The summed E-state index contributed by atoms with van der Waals surface area (Å²) in [5, 5.41) is 3.14. The molecule has 1 fully saturated rings. The van der Waals surface area contributed by atoms with E-state index in [4.69, 9.17) is 16.3 Å². The Hall–Kier alpha value is -1.23. The number of ether oxygens (including phenoxy) is 1. The zero-order valence-corrected chi connectivity index (χ0v) is 15.5. The highest BCUT2D eigenvalue weighted by Crippen LogP contribution is 2.34. The third kappa shape index (κ3) is 4.19. The van der Waals surface area contributed by atoms with Gasteiger partial charge in [-0.2, -0.15) is 0 Å². The van der Waals surface area contributed by atoms with Crippen LogP contribution in [0.4, 0.5) is 0 Å². The Kier molecular flexibility index (Phi) is 5.61. The molecule has 0 spiro atoms. The maximum atomic E-state index is 12.0. The van der Waals surface area contributed by atoms with E-state index in [1.165, 1.54) is 0 Å². The molecule has 2 rings (SSSR count). The molecule has 6 heteroatoms. The van der Waals surface area contributed by atoms with E-state index in [9.17, 15) is 4.79 Å². The smallest absolute Gasteiger partial charge is 0.339 e. The molecule has 0 aromatic heterocycles. The van der Waals surface area contributed by atoms with Gasteiger partial charge in [-0.05, 0) is 38.0 Å². The molecular formula is C17H28ClN3O2. The van der Waals surface area contributed by atoms with Gasteiger partial charge in [0.15, 0.2) is 5.96 Å². The minimum atomic E-state index is -0.595. The molecule has 1 atom stereocenters. The van der Waals surface area contributed by atoms with Gasteiger partial charge < -0.3 is 15.0 Å². The van der Waals surface area contributed by atoms with Crippen LogP contribution in [0.5, 0.6) is 0 Å². The van der Waals surface area contributed by atoms with E-state index in [1.54, 1.807) is 6.92 Å². The molecule has 130 valence electrons. The molecule has 2 aliphatic rings. The molecule has 0 aliphatic carbocycles. The largest absolute Gasteiger partial charge is 0.462 e. The van der Waals surface area contributed by atoms with E-state index in [1.807, 2.05) is 6.92 Å². The fourth-order valence-corrected chi connectivity index (χ4v) is 3.54. The van der Waals surface area contributed by atoms with Crippen molar-refractivity contribution in [2.45, 2.75) is 53.0 Å². The van der Waals surface area contributed by atoms with Crippen molar-refractivity contribution >= 4 is 23.5 Å². The van der Waals surface area contributed by atoms with Crippen LogP contribution < -0.4 is 5.32 Å². The van der Waals surface area contributed by atoms with Gasteiger partial charge in [-0.1, -0.05) is 32.4 Å². The minimum absolute atomic E-state index is 0.329. The molecule has 0 bridgehead atoms. The van der Waals surface area contributed by atoms with Crippen LogP contribution in [0.15, 0.2) is 16.3 Å². The van der Waals surface area contributed by atoms with Gasteiger partial charge in [0, 0.05) is 13.1 Å². The number of guanidine groups is 1. The number of aliphatic imine (C=N–C) groups is 1. The van der Waals surface area contributed by atoms with Crippen LogP contribution in [0.3, 0.4) is 0 Å². The molecular weight excluding hydrogens is 314 g/mol. The predicted octanol–water partition coefficient (Wildman–Crippen LogP) is 3.11. The number of allylic oxidation sites excluding steroid dienone is 1. The number of rotatable bonds is 2. The van der Waals surface area contributed by atoms with E-state index >= 15 is 0 Å². The Morgan fingerprint density at radius 1 is 1.39 bits per heavy atom. The van der Waals surface area contributed by atoms with Crippen LogP contribution in [-0.4, -0.2) is 42.0 Å². The quantitative estimate of drug-likeness (QED) is 0.476. The highest BCUT2D eigenvalue weighted by Gasteiger charge is 2.33. The average molecular weight is 342 g/mol. The normalized spacial score (nSPS) is 23.5. The summed E-state index contributed by atoms with van der Waals surface area (Å²) in [6, 6.07) is 0. The van der Waals surface area contributed by atoms with Crippen molar-refractivity contribution < 1.29 is 9.53 Å². The van der Waals surface area contributed by atoms with Crippen LogP contribution in [-0.2, 0) is 9.53 Å². The Morgan fingerprint density at radius 2 is 2.00 bits per heavy atom. The molecule has 23 heavy (non-hydrogen) atoms. The Balaban J connectivity index is 2.08. The van der Waals surface area contributed by atoms with Gasteiger partial charge in [-0.15, -0.1) is 0 Å². The third-order valence-electron chi connectivity index (χ3n) is 4.69. The number of alkyl halides is 1. The Morgan fingerprint density at radius 3 is 2.48 bits per heavy atom. The average Bonchev–Trinajstić information content (AvgIpc) is 2.46. The number of likely N-dealkylation sites (tertiary alicyclic amines) is 1. The maximum absolute atomic E-state index is 12.0. The molecule has 0 aromatic rings. The standard InChI is InChI=1S/C17H28ClN3O2/c1-6-23-15(22)13-11(2)19-16(20-14(13)18)21-9-7-12(8-10-21)17(3,4)5/h12,14H,6-10H2,1-5H3,(H,19,20).